The van der Waals surface area contributed by atoms with Gasteiger partial charge in [-0.1, -0.05) is 6.07 Å². The second-order valence-corrected chi connectivity index (χ2v) is 3.51. The molecule has 1 aliphatic rings. The molecule has 1 aliphatic heterocycles. The van der Waals surface area contributed by atoms with Gasteiger partial charge in [-0.2, -0.15) is 0 Å². The average molecular weight is 222 g/mol. The maximum absolute atomic E-state index is 11.4. The number of rotatable bonds is 5. The third kappa shape index (κ3) is 2.97. The summed E-state index contributed by atoms with van der Waals surface area (Å²) in [5, 5.41) is 0. The lowest BCUT2D eigenvalue weighted by molar-refractivity contribution is 0.0526. The van der Waals surface area contributed by atoms with Crippen molar-refractivity contribution in [1.29, 1.82) is 0 Å². The van der Waals surface area contributed by atoms with Crippen LogP contribution in [-0.4, -0.2) is 31.9 Å². The van der Waals surface area contributed by atoms with Gasteiger partial charge in [-0.05, 0) is 25.1 Å². The fourth-order valence-corrected chi connectivity index (χ4v) is 1.28. The van der Waals surface area contributed by atoms with Crippen molar-refractivity contribution in [3.63, 3.8) is 0 Å². The summed E-state index contributed by atoms with van der Waals surface area (Å²) in [5.41, 5.74) is 0.510. The maximum atomic E-state index is 11.4. The molecule has 1 heterocycles. The lowest BCUT2D eigenvalue weighted by Crippen LogP contribution is -2.07. The van der Waals surface area contributed by atoms with Gasteiger partial charge in [0.25, 0.3) is 0 Å². The topological polar surface area (TPSA) is 48.1 Å². The number of epoxide rings is 1. The highest BCUT2D eigenvalue weighted by molar-refractivity contribution is 5.89. The quantitative estimate of drug-likeness (QED) is 0.561. The zero-order valence-electron chi connectivity index (χ0n) is 9.14. The number of hydrogen-bond donors (Lipinski definition) is 0. The minimum Gasteiger partial charge on any atom is -0.491 e. The fourth-order valence-electron chi connectivity index (χ4n) is 1.28. The van der Waals surface area contributed by atoms with Crippen LogP contribution < -0.4 is 4.74 Å². The summed E-state index contributed by atoms with van der Waals surface area (Å²) >= 11 is 0. The molecule has 4 nitrogen and oxygen atoms in total. The van der Waals surface area contributed by atoms with Crippen LogP contribution >= 0.6 is 0 Å². The lowest BCUT2D eigenvalue weighted by atomic mass is 10.2. The second-order valence-electron chi connectivity index (χ2n) is 3.51. The number of carbonyl (C=O) groups excluding carboxylic acids is 1. The van der Waals surface area contributed by atoms with Gasteiger partial charge in [0.2, 0.25) is 0 Å². The van der Waals surface area contributed by atoms with Crippen LogP contribution in [0.5, 0.6) is 5.75 Å². The summed E-state index contributed by atoms with van der Waals surface area (Å²) in [7, 11) is 0. The third-order valence-electron chi connectivity index (χ3n) is 2.18. The smallest absolute Gasteiger partial charge is 0.338 e. The SMILES string of the molecule is CCOC(=O)c1cccc(OC[C@H]2CO2)c1. The van der Waals surface area contributed by atoms with Gasteiger partial charge >= 0.3 is 5.97 Å². The van der Waals surface area contributed by atoms with Crippen molar-refractivity contribution in [2.45, 2.75) is 13.0 Å². The zero-order valence-corrected chi connectivity index (χ0v) is 9.14. The summed E-state index contributed by atoms with van der Waals surface area (Å²) in [4.78, 5) is 11.4. The highest BCUT2D eigenvalue weighted by Gasteiger charge is 2.23. The van der Waals surface area contributed by atoms with Crippen LogP contribution in [-0.2, 0) is 9.47 Å². The molecule has 2 rings (SSSR count). The molecule has 1 saturated heterocycles. The summed E-state index contributed by atoms with van der Waals surface area (Å²) in [6, 6.07) is 6.97. The Morgan fingerprint density at radius 1 is 1.56 bits per heavy atom. The Bertz CT molecular complexity index is 371. The van der Waals surface area contributed by atoms with Crippen LogP contribution in [0.1, 0.15) is 17.3 Å². The maximum Gasteiger partial charge on any atom is 0.338 e. The number of carbonyl (C=O) groups is 1. The lowest BCUT2D eigenvalue weighted by Gasteiger charge is -2.06. The zero-order chi connectivity index (χ0) is 11.4. The first kappa shape index (κ1) is 11.0. The molecule has 0 N–H and O–H groups in total. The minimum atomic E-state index is -0.323. The van der Waals surface area contributed by atoms with E-state index in [0.29, 0.717) is 24.5 Å². The standard InChI is InChI=1S/C12H14O4/c1-2-14-12(13)9-4-3-5-10(6-9)15-7-11-8-16-11/h3-6,11H,2,7-8H2,1H3/t11-/m0/s1. The monoisotopic (exact) mass is 222 g/mol. The third-order valence-corrected chi connectivity index (χ3v) is 2.18. The van der Waals surface area contributed by atoms with Crippen molar-refractivity contribution < 1.29 is 19.0 Å². The molecule has 0 amide bonds. The molecule has 0 aliphatic carbocycles. The predicted molar refractivity (Wildman–Crippen MR) is 57.6 cm³/mol. The van der Waals surface area contributed by atoms with Crippen LogP contribution in [0.15, 0.2) is 24.3 Å². The Kier molecular flexibility index (Phi) is 3.41. The van der Waals surface area contributed by atoms with Gasteiger partial charge < -0.3 is 14.2 Å². The van der Waals surface area contributed by atoms with Gasteiger partial charge in [-0.3, -0.25) is 0 Å². The molecule has 0 saturated carbocycles. The summed E-state index contributed by atoms with van der Waals surface area (Å²) in [5.74, 6) is 0.344. The van der Waals surface area contributed by atoms with Crippen LogP contribution in [0.4, 0.5) is 0 Å². The van der Waals surface area contributed by atoms with Gasteiger partial charge in [-0.25, -0.2) is 4.79 Å². The normalized spacial score (nSPS) is 17.9. The average Bonchev–Trinajstić information content (AvgIpc) is 3.11. The summed E-state index contributed by atoms with van der Waals surface area (Å²) < 4.78 is 15.4. The molecule has 0 unspecified atom stereocenters. The second kappa shape index (κ2) is 4.99. The van der Waals surface area contributed by atoms with Gasteiger partial charge in [0.1, 0.15) is 18.5 Å². The number of benzene rings is 1. The molecule has 86 valence electrons. The Labute approximate surface area is 94.1 Å². The summed E-state index contributed by atoms with van der Waals surface area (Å²) in [6.07, 6.45) is 0.214. The van der Waals surface area contributed by atoms with Crippen LogP contribution in [0.3, 0.4) is 0 Å². The van der Waals surface area contributed by atoms with Crippen LogP contribution in [0.25, 0.3) is 0 Å². The van der Waals surface area contributed by atoms with Crippen molar-refractivity contribution in [1.82, 2.24) is 0 Å². The Morgan fingerprint density at radius 2 is 2.38 bits per heavy atom. The number of ether oxygens (including phenoxy) is 3. The first-order chi connectivity index (χ1) is 7.79. The Morgan fingerprint density at radius 3 is 3.06 bits per heavy atom. The van der Waals surface area contributed by atoms with Crippen molar-refractivity contribution in [2.24, 2.45) is 0 Å². The van der Waals surface area contributed by atoms with E-state index in [4.69, 9.17) is 14.2 Å². The molecule has 0 bridgehead atoms. The van der Waals surface area contributed by atoms with Crippen molar-refractivity contribution in [2.75, 3.05) is 19.8 Å². The molecular formula is C12H14O4. The molecule has 4 heteroatoms. The van der Waals surface area contributed by atoms with Crippen molar-refractivity contribution in [3.8, 4) is 5.75 Å². The molecule has 1 aromatic carbocycles. The molecule has 1 aromatic rings. The van der Waals surface area contributed by atoms with E-state index in [-0.39, 0.29) is 12.1 Å². The van der Waals surface area contributed by atoms with E-state index in [0.717, 1.165) is 6.61 Å². The van der Waals surface area contributed by atoms with Crippen molar-refractivity contribution in [3.05, 3.63) is 29.8 Å². The molecule has 0 radical (unpaired) electrons. The Balaban J connectivity index is 1.97. The molecule has 1 atom stereocenters. The molecule has 16 heavy (non-hydrogen) atoms. The van der Waals surface area contributed by atoms with Crippen molar-refractivity contribution >= 4 is 5.97 Å². The van der Waals surface area contributed by atoms with Crippen LogP contribution in [0, 0.1) is 0 Å². The predicted octanol–water partition coefficient (Wildman–Crippen LogP) is 1.64. The fraction of sp³-hybridized carbons (Fsp3) is 0.417. The largest absolute Gasteiger partial charge is 0.491 e. The first-order valence-electron chi connectivity index (χ1n) is 5.31. The number of esters is 1. The molecular weight excluding hydrogens is 208 g/mol. The van der Waals surface area contributed by atoms with Gasteiger partial charge in [0.15, 0.2) is 0 Å². The van der Waals surface area contributed by atoms with E-state index < -0.39 is 0 Å². The molecule has 0 aromatic heterocycles. The van der Waals surface area contributed by atoms with E-state index in [9.17, 15) is 4.79 Å². The van der Waals surface area contributed by atoms with Gasteiger partial charge in [0, 0.05) is 0 Å². The van der Waals surface area contributed by atoms with E-state index in [1.165, 1.54) is 0 Å². The first-order valence-corrected chi connectivity index (χ1v) is 5.31. The highest BCUT2D eigenvalue weighted by atomic mass is 16.6. The van der Waals surface area contributed by atoms with E-state index in [1.807, 2.05) is 6.07 Å². The number of hydrogen-bond acceptors (Lipinski definition) is 4. The summed E-state index contributed by atoms with van der Waals surface area (Å²) in [6.45, 7) is 3.45. The van der Waals surface area contributed by atoms with Gasteiger partial charge in [0.05, 0.1) is 18.8 Å². The molecule has 1 fully saturated rings. The van der Waals surface area contributed by atoms with E-state index in [1.54, 1.807) is 25.1 Å². The van der Waals surface area contributed by atoms with E-state index in [2.05, 4.69) is 0 Å². The van der Waals surface area contributed by atoms with Gasteiger partial charge in [-0.15, -0.1) is 0 Å². The molecule has 0 spiro atoms. The van der Waals surface area contributed by atoms with Crippen LogP contribution in [0.2, 0.25) is 0 Å². The van der Waals surface area contributed by atoms with E-state index >= 15 is 0 Å². The minimum absolute atomic E-state index is 0.214. The Hall–Kier alpha value is -1.55. The highest BCUT2D eigenvalue weighted by Crippen LogP contribution is 2.17.